The molecule has 12 saturated carbocycles. The summed E-state index contributed by atoms with van der Waals surface area (Å²) in [5.74, 6) is -4.93. The largest absolute Gasteiger partial charge is 0.507 e. The van der Waals surface area contributed by atoms with Crippen LogP contribution in [0.4, 0.5) is 0 Å². The molecule has 0 radical (unpaired) electrons. The van der Waals surface area contributed by atoms with Crippen LogP contribution >= 0.6 is 0 Å². The number of aromatic hydroxyl groups is 8. The molecule has 21 rings (SSSR count). The van der Waals surface area contributed by atoms with Gasteiger partial charge in [-0.15, -0.1) is 0 Å². The van der Waals surface area contributed by atoms with Gasteiger partial charge in [0.1, 0.15) is 63.2 Å². The smallest absolute Gasteiger partial charge is 0.346 e. The molecule has 20 nitrogen and oxygen atoms in total. The van der Waals surface area contributed by atoms with Crippen molar-refractivity contribution < 1.29 is 97.9 Å². The van der Waals surface area contributed by atoms with E-state index in [2.05, 4.69) is 0 Å². The van der Waals surface area contributed by atoms with Crippen LogP contribution in [0.25, 0.3) is 0 Å². The van der Waals surface area contributed by atoms with Gasteiger partial charge in [0.2, 0.25) is 0 Å². The van der Waals surface area contributed by atoms with Gasteiger partial charge in [-0.1, -0.05) is 84.9 Å². The fraction of sp³-hybridized carbons (Fsp3) is 0.457. The Morgan fingerprint density at radius 1 is 0.272 bits per heavy atom. The van der Waals surface area contributed by atoms with Crippen molar-refractivity contribution in [3.63, 3.8) is 0 Å². The molecule has 2 unspecified atom stereocenters. The van der Waals surface area contributed by atoms with Crippen LogP contribution in [0.2, 0.25) is 0 Å². The van der Waals surface area contributed by atoms with Crippen LogP contribution < -0.4 is 14.2 Å². The monoisotopic (exact) mass is 1550 g/mol. The minimum Gasteiger partial charge on any atom is -0.507 e. The third-order valence-electron chi connectivity index (χ3n) is 27.7. The van der Waals surface area contributed by atoms with Crippen molar-refractivity contribution in [1.29, 1.82) is 0 Å². The molecule has 0 heterocycles. The number of esters is 3. The molecule has 2 atom stereocenters. The van der Waals surface area contributed by atoms with Gasteiger partial charge in [-0.2, -0.15) is 0 Å². The molecule has 0 amide bonds. The van der Waals surface area contributed by atoms with Gasteiger partial charge in [0.25, 0.3) is 0 Å². The Morgan fingerprint density at radius 3 is 0.737 bits per heavy atom. The summed E-state index contributed by atoms with van der Waals surface area (Å²) in [4.78, 5) is 41.7. The molecule has 0 aliphatic heterocycles. The van der Waals surface area contributed by atoms with E-state index in [9.17, 15) is 55.2 Å². The van der Waals surface area contributed by atoms with E-state index in [0.717, 1.165) is 82.1 Å². The van der Waals surface area contributed by atoms with E-state index in [1.807, 2.05) is 0 Å². The predicted octanol–water partition coefficient (Wildman–Crippen LogP) is 16.7. The summed E-state index contributed by atoms with van der Waals surface area (Å²) in [6.45, 7) is -1.23. The predicted molar refractivity (Wildman–Crippen MR) is 418 cm³/mol. The van der Waals surface area contributed by atoms with Crippen LogP contribution in [0.1, 0.15) is 206 Å². The number of benzene rings is 8. The second kappa shape index (κ2) is 30.9. The molecule has 8 aromatic rings. The number of phenolic OH excluding ortho intramolecular Hbond substituents is 8. The maximum absolute atomic E-state index is 14.0. The zero-order valence-electron chi connectivity index (χ0n) is 64.0. The molecule has 596 valence electrons. The zero-order chi connectivity index (χ0) is 78.2. The first-order valence-electron chi connectivity index (χ1n) is 40.9. The lowest BCUT2D eigenvalue weighted by atomic mass is 9.50. The highest BCUT2D eigenvalue weighted by Gasteiger charge is 2.54. The second-order valence-electron chi connectivity index (χ2n) is 35.7. The van der Waals surface area contributed by atoms with Gasteiger partial charge in [0.05, 0.1) is 19.8 Å². The summed E-state index contributed by atoms with van der Waals surface area (Å²) < 4.78 is 55.0. The fourth-order valence-corrected chi connectivity index (χ4v) is 24.6. The van der Waals surface area contributed by atoms with Crippen molar-refractivity contribution in [3.8, 4) is 63.2 Å². The third-order valence-corrected chi connectivity index (χ3v) is 27.7. The molecule has 13 aliphatic carbocycles. The minimum absolute atomic E-state index is 0.000217. The van der Waals surface area contributed by atoms with E-state index in [-0.39, 0.29) is 115 Å². The van der Waals surface area contributed by atoms with Crippen molar-refractivity contribution >= 4 is 17.9 Å². The van der Waals surface area contributed by atoms with Crippen molar-refractivity contribution in [3.05, 3.63) is 218 Å². The van der Waals surface area contributed by atoms with Crippen molar-refractivity contribution in [2.75, 3.05) is 60.0 Å². The maximum atomic E-state index is 14.0. The second-order valence-corrected chi connectivity index (χ2v) is 35.7. The van der Waals surface area contributed by atoms with E-state index in [4.69, 9.17) is 42.6 Å². The average Bonchev–Trinajstić information content (AvgIpc) is 0.330. The Hall–Kier alpha value is -10.1. The highest BCUT2D eigenvalue weighted by atomic mass is 16.7. The number of hydrogen-bond donors (Lipinski definition) is 8. The molecule has 8 N–H and O–H groups in total. The molecular weight excluding hydrogens is 1450 g/mol. The number of carbonyl (C=O) groups excluding carboxylic acids is 3. The molecule has 0 spiro atoms. The van der Waals surface area contributed by atoms with E-state index < -0.39 is 107 Å². The Balaban J connectivity index is 0.736. The molecule has 12 fully saturated rings. The topological polar surface area (TPSA) is 296 Å². The quantitative estimate of drug-likeness (QED) is 0.0114. The van der Waals surface area contributed by atoms with Crippen molar-refractivity contribution in [2.45, 2.75) is 139 Å². The summed E-state index contributed by atoms with van der Waals surface area (Å²) in [5.41, 5.74) is 1.67. The number of phenols is 8. The first-order chi connectivity index (χ1) is 55.3. The standard InChI is InChI=1S/C94H100O20/c95-74-31-76(97)68-27-66(74)88(62-10-2-1-3-11-62)67-28-69(77(98)32-75(67)96)90(64-13-5-8-16-83(64)110-45-86(104)113-51-107-48-93-38-56-21-57(39-93)23-58(22-56)40-93)71-30-73(81(102)34-79(71)100)91(65-14-6-9-17-84(65)111-46-87(105)114-52-108-49-94-41-59-24-60(42-94)26-61(25-59)43-94)72-29-70(78(99)33-80(72)101)89(68)63-12-4-7-15-82(63)109-44-85(103)112-50-106-47-92-35-53-18-54(36-92)20-55(19-53)37-92/h1-17,27-34,53-61,88-91,95-102H,18-26,35-52H2. The van der Waals surface area contributed by atoms with Crippen molar-refractivity contribution in [2.24, 2.45) is 69.5 Å². The normalized spacial score (nSPS) is 28.9. The molecule has 20 bridgehead atoms. The summed E-state index contributed by atoms with van der Waals surface area (Å²) in [6, 6.07) is 39.5. The Labute approximate surface area is 662 Å². The number of rotatable bonds is 25. The first kappa shape index (κ1) is 75.2. The van der Waals surface area contributed by atoms with Crippen molar-refractivity contribution in [1.82, 2.24) is 0 Å². The molecule has 20 heteroatoms. The van der Waals surface area contributed by atoms with Crippen LogP contribution in [-0.2, 0) is 42.8 Å². The first-order valence-corrected chi connectivity index (χ1v) is 40.9. The van der Waals surface area contributed by atoms with Crippen LogP contribution in [0.5, 0.6) is 63.2 Å². The molecule has 0 aromatic heterocycles. The van der Waals surface area contributed by atoms with Gasteiger partial charge in [-0.25, -0.2) is 14.4 Å². The average molecular weight is 1550 g/mol. The number of hydrogen-bond acceptors (Lipinski definition) is 20. The fourth-order valence-electron chi connectivity index (χ4n) is 24.6. The van der Waals surface area contributed by atoms with Gasteiger partial charge in [-0.05, 0) is 233 Å². The molecular formula is C94H100O20. The number of ether oxygens (including phenoxy) is 9. The number of carbonyl (C=O) groups is 3. The molecule has 0 saturated heterocycles. The maximum Gasteiger partial charge on any atom is 0.346 e. The van der Waals surface area contributed by atoms with Gasteiger partial charge in [-0.3, -0.25) is 0 Å². The van der Waals surface area contributed by atoms with E-state index in [0.29, 0.717) is 78.6 Å². The molecule has 8 aromatic carbocycles. The Bertz CT molecular complexity index is 4610. The Morgan fingerprint density at radius 2 is 0.491 bits per heavy atom. The van der Waals surface area contributed by atoms with Gasteiger partial charge < -0.3 is 83.5 Å². The lowest BCUT2D eigenvalue weighted by Gasteiger charge is -2.56. The van der Waals surface area contributed by atoms with E-state index >= 15 is 0 Å². The van der Waals surface area contributed by atoms with E-state index in [1.165, 1.54) is 82.1 Å². The summed E-state index contributed by atoms with van der Waals surface area (Å²) in [7, 11) is 0. The number of fused-ring (bicyclic) bond motifs is 8. The highest BCUT2D eigenvalue weighted by Crippen LogP contribution is 2.64. The van der Waals surface area contributed by atoms with Gasteiger partial charge in [0.15, 0.2) is 40.2 Å². The lowest BCUT2D eigenvalue weighted by Crippen LogP contribution is -2.48. The summed E-state index contributed by atoms with van der Waals surface area (Å²) in [5, 5.41) is 102. The minimum atomic E-state index is -1.43. The van der Waals surface area contributed by atoms with Crippen LogP contribution in [0.15, 0.2) is 152 Å². The van der Waals surface area contributed by atoms with Gasteiger partial charge >= 0.3 is 17.9 Å². The molecule has 114 heavy (non-hydrogen) atoms. The van der Waals surface area contributed by atoms with Gasteiger partial charge in [0, 0.05) is 109 Å². The van der Waals surface area contributed by atoms with Crippen LogP contribution in [0, 0.1) is 69.5 Å². The Kier molecular flexibility index (Phi) is 20.4. The van der Waals surface area contributed by atoms with Crippen LogP contribution in [0.3, 0.4) is 0 Å². The SMILES string of the molecule is O=C(COc1ccccc1C1c2cc(c(O)cc2O)C(c2ccccc2)c2cc(c(O)cc2O)C(c2ccccc2OCC(=O)OCOCC23CC4CC(CC(C4)C2)C3)c2cc(c(O)cc2O)C(c2ccccc2OCC(=O)OCOCC23CC4CC(CC(C4)C2)C3)c2cc1c(O)cc2O)OCOCC12CC3CC(CC(C3)C1)C2. The lowest BCUT2D eigenvalue weighted by molar-refractivity contribution is -0.168. The zero-order valence-corrected chi connectivity index (χ0v) is 64.0. The highest BCUT2D eigenvalue weighted by molar-refractivity contribution is 5.74. The van der Waals surface area contributed by atoms with Crippen LogP contribution in [-0.4, -0.2) is 119 Å². The molecule has 13 aliphatic rings. The third kappa shape index (κ3) is 15.0. The summed E-state index contributed by atoms with van der Waals surface area (Å²) in [6.07, 6.45) is 21.5. The summed E-state index contributed by atoms with van der Waals surface area (Å²) >= 11 is 0. The van der Waals surface area contributed by atoms with E-state index in [1.54, 1.807) is 103 Å². The number of para-hydroxylation sites is 3.